The molecule has 0 aliphatic heterocycles. The number of halogens is 3. The van der Waals surface area contributed by atoms with Crippen LogP contribution in [0.3, 0.4) is 0 Å². The summed E-state index contributed by atoms with van der Waals surface area (Å²) < 4.78 is 8.25. The molecule has 0 bridgehead atoms. The standard InChI is InChI=1S/C24H17Br2ClN4O4/c1-2-22-29-20-8-7-16(25)10-18(20)24(32)30(22)28-12-15-9-17(26)11-21(31(33)34)23(15)35-13-14-5-3-4-6-19(14)27/h3-12H,2,13H2,1H3. The Morgan fingerprint density at radius 1 is 1.17 bits per heavy atom. The van der Waals surface area contributed by atoms with Crippen molar-refractivity contribution in [1.29, 1.82) is 0 Å². The van der Waals surface area contributed by atoms with E-state index in [0.29, 0.717) is 43.8 Å². The Balaban J connectivity index is 1.81. The molecule has 0 atom stereocenters. The molecule has 0 saturated carbocycles. The van der Waals surface area contributed by atoms with Gasteiger partial charge in [0.1, 0.15) is 12.4 Å². The lowest BCUT2D eigenvalue weighted by atomic mass is 10.2. The van der Waals surface area contributed by atoms with Gasteiger partial charge in [0.2, 0.25) is 5.75 Å². The van der Waals surface area contributed by atoms with Crippen molar-refractivity contribution in [1.82, 2.24) is 9.66 Å². The number of fused-ring (bicyclic) bond motifs is 1. The van der Waals surface area contributed by atoms with Crippen LogP contribution in [0.5, 0.6) is 5.75 Å². The van der Waals surface area contributed by atoms with Crippen molar-refractivity contribution in [3.63, 3.8) is 0 Å². The molecular formula is C24H17Br2ClN4O4. The van der Waals surface area contributed by atoms with Gasteiger partial charge < -0.3 is 4.74 Å². The number of rotatable bonds is 7. The van der Waals surface area contributed by atoms with Crippen molar-refractivity contribution < 1.29 is 9.66 Å². The summed E-state index contributed by atoms with van der Waals surface area (Å²) in [5.74, 6) is 0.452. The predicted octanol–water partition coefficient (Wildman–Crippen LogP) is 6.51. The fourth-order valence-corrected chi connectivity index (χ4v) is 4.43. The largest absolute Gasteiger partial charge is 0.481 e. The number of nitro groups is 1. The summed E-state index contributed by atoms with van der Waals surface area (Å²) in [6.45, 7) is 1.87. The Morgan fingerprint density at radius 3 is 2.66 bits per heavy atom. The Morgan fingerprint density at radius 2 is 1.94 bits per heavy atom. The van der Waals surface area contributed by atoms with Crippen LogP contribution in [0.25, 0.3) is 10.9 Å². The van der Waals surface area contributed by atoms with Gasteiger partial charge in [-0.15, -0.1) is 0 Å². The van der Waals surface area contributed by atoms with Crippen molar-refractivity contribution >= 4 is 66.3 Å². The van der Waals surface area contributed by atoms with Crippen molar-refractivity contribution in [2.45, 2.75) is 20.0 Å². The number of nitro benzene ring substituents is 1. The van der Waals surface area contributed by atoms with Crippen LogP contribution in [0.2, 0.25) is 5.02 Å². The van der Waals surface area contributed by atoms with Crippen LogP contribution in [0.1, 0.15) is 23.9 Å². The average Bonchev–Trinajstić information content (AvgIpc) is 2.83. The number of nitrogens with zero attached hydrogens (tertiary/aromatic N) is 4. The molecule has 8 nitrogen and oxygen atoms in total. The molecule has 0 aliphatic carbocycles. The number of aryl methyl sites for hydroxylation is 1. The smallest absolute Gasteiger partial charge is 0.312 e. The summed E-state index contributed by atoms with van der Waals surface area (Å²) in [6.07, 6.45) is 1.80. The van der Waals surface area contributed by atoms with Crippen LogP contribution in [0, 0.1) is 10.1 Å². The zero-order valence-corrected chi connectivity index (χ0v) is 22.2. The van der Waals surface area contributed by atoms with Gasteiger partial charge in [0, 0.05) is 37.6 Å². The predicted molar refractivity (Wildman–Crippen MR) is 143 cm³/mol. The number of ether oxygens (including phenoxy) is 1. The first kappa shape index (κ1) is 25.0. The first-order valence-electron chi connectivity index (χ1n) is 10.4. The first-order valence-corrected chi connectivity index (χ1v) is 12.3. The summed E-state index contributed by atoms with van der Waals surface area (Å²) >= 11 is 12.9. The van der Waals surface area contributed by atoms with Crippen LogP contribution in [0.4, 0.5) is 5.69 Å². The van der Waals surface area contributed by atoms with Gasteiger partial charge >= 0.3 is 5.69 Å². The highest BCUT2D eigenvalue weighted by atomic mass is 79.9. The summed E-state index contributed by atoms with van der Waals surface area (Å²) in [7, 11) is 0. The third kappa shape index (κ3) is 5.44. The molecule has 4 rings (SSSR count). The van der Waals surface area contributed by atoms with E-state index in [1.807, 2.05) is 13.0 Å². The second-order valence-electron chi connectivity index (χ2n) is 7.39. The summed E-state index contributed by atoms with van der Waals surface area (Å²) in [5, 5.41) is 17.0. The van der Waals surface area contributed by atoms with Crippen LogP contribution >= 0.6 is 43.5 Å². The number of hydrogen-bond donors (Lipinski definition) is 0. The molecule has 1 heterocycles. The lowest BCUT2D eigenvalue weighted by molar-refractivity contribution is -0.386. The van der Waals surface area contributed by atoms with Gasteiger partial charge in [-0.25, -0.2) is 4.98 Å². The Bertz CT molecular complexity index is 1540. The highest BCUT2D eigenvalue weighted by molar-refractivity contribution is 9.10. The third-order valence-corrected chi connectivity index (χ3v) is 6.41. The molecule has 0 amide bonds. The SMILES string of the molecule is CCc1nc2ccc(Br)cc2c(=O)n1N=Cc1cc(Br)cc([N+](=O)[O-])c1OCc1ccccc1Cl. The molecule has 0 saturated heterocycles. The zero-order valence-electron chi connectivity index (χ0n) is 18.2. The fourth-order valence-electron chi connectivity index (χ4n) is 3.42. The topological polar surface area (TPSA) is 99.6 Å². The molecule has 0 fully saturated rings. The molecular weight excluding hydrogens is 604 g/mol. The van der Waals surface area contributed by atoms with Crippen molar-refractivity contribution in [3.05, 3.63) is 106 Å². The van der Waals surface area contributed by atoms with Gasteiger partial charge in [-0.1, -0.05) is 68.6 Å². The van der Waals surface area contributed by atoms with Crippen LogP contribution in [-0.2, 0) is 13.0 Å². The third-order valence-electron chi connectivity index (χ3n) is 5.09. The lowest BCUT2D eigenvalue weighted by Crippen LogP contribution is -2.22. The van der Waals surface area contributed by atoms with Gasteiger partial charge in [-0.3, -0.25) is 14.9 Å². The molecule has 178 valence electrons. The second-order valence-corrected chi connectivity index (χ2v) is 9.62. The van der Waals surface area contributed by atoms with E-state index in [2.05, 4.69) is 41.9 Å². The van der Waals surface area contributed by atoms with E-state index in [1.54, 1.807) is 42.5 Å². The van der Waals surface area contributed by atoms with E-state index in [9.17, 15) is 14.9 Å². The number of aromatic nitrogens is 2. The quantitative estimate of drug-likeness (QED) is 0.133. The Kier molecular flexibility index (Phi) is 7.63. The zero-order chi connectivity index (χ0) is 25.1. The average molecular weight is 621 g/mol. The minimum absolute atomic E-state index is 0.00413. The van der Waals surface area contributed by atoms with Crippen molar-refractivity contribution in [2.75, 3.05) is 0 Å². The monoisotopic (exact) mass is 618 g/mol. The van der Waals surface area contributed by atoms with E-state index in [1.165, 1.54) is 17.0 Å². The van der Waals surface area contributed by atoms with Gasteiger partial charge in [0.05, 0.1) is 22.0 Å². The fraction of sp³-hybridized carbons (Fsp3) is 0.125. The van der Waals surface area contributed by atoms with Crippen LogP contribution in [0.15, 0.2) is 73.4 Å². The lowest BCUT2D eigenvalue weighted by Gasteiger charge is -2.12. The van der Waals surface area contributed by atoms with E-state index in [4.69, 9.17) is 16.3 Å². The van der Waals surface area contributed by atoms with E-state index in [0.717, 1.165) is 4.47 Å². The highest BCUT2D eigenvalue weighted by Gasteiger charge is 2.21. The normalized spacial score (nSPS) is 11.3. The second kappa shape index (κ2) is 10.7. The molecule has 4 aromatic rings. The van der Waals surface area contributed by atoms with Crippen molar-refractivity contribution in [2.24, 2.45) is 5.10 Å². The van der Waals surface area contributed by atoms with Gasteiger partial charge in [0.15, 0.2) is 0 Å². The van der Waals surface area contributed by atoms with Gasteiger partial charge in [-0.2, -0.15) is 9.78 Å². The first-order chi connectivity index (χ1) is 16.8. The van der Waals surface area contributed by atoms with E-state index >= 15 is 0 Å². The van der Waals surface area contributed by atoms with Gasteiger partial charge in [-0.05, 0) is 30.3 Å². The van der Waals surface area contributed by atoms with Crippen LogP contribution < -0.4 is 10.3 Å². The molecule has 0 radical (unpaired) electrons. The number of benzene rings is 3. The number of hydrogen-bond acceptors (Lipinski definition) is 6. The highest BCUT2D eigenvalue weighted by Crippen LogP contribution is 2.35. The molecule has 35 heavy (non-hydrogen) atoms. The minimum atomic E-state index is -0.539. The molecule has 1 aromatic heterocycles. The molecule has 3 aromatic carbocycles. The minimum Gasteiger partial charge on any atom is -0.481 e. The summed E-state index contributed by atoms with van der Waals surface area (Å²) in [4.78, 5) is 29.0. The maximum atomic E-state index is 13.2. The van der Waals surface area contributed by atoms with Crippen molar-refractivity contribution in [3.8, 4) is 5.75 Å². The maximum absolute atomic E-state index is 13.2. The molecule has 0 N–H and O–H groups in total. The van der Waals surface area contributed by atoms with E-state index < -0.39 is 4.92 Å². The maximum Gasteiger partial charge on any atom is 0.312 e. The summed E-state index contributed by atoms with van der Waals surface area (Å²) in [5.41, 5.74) is 0.928. The molecule has 0 aliphatic rings. The Hall–Kier alpha value is -3.08. The van der Waals surface area contributed by atoms with E-state index in [-0.39, 0.29) is 23.6 Å². The van der Waals surface area contributed by atoms with Gasteiger partial charge in [0.25, 0.3) is 5.56 Å². The molecule has 0 unspecified atom stereocenters. The summed E-state index contributed by atoms with van der Waals surface area (Å²) in [6, 6.07) is 15.3. The van der Waals surface area contributed by atoms with Crippen LogP contribution in [-0.4, -0.2) is 20.8 Å². The molecule has 0 spiro atoms. The Labute approximate surface area is 221 Å². The molecule has 11 heteroatoms.